The second kappa shape index (κ2) is 6.12. The molecule has 1 aromatic heterocycles. The van der Waals surface area contributed by atoms with Crippen LogP contribution in [0.25, 0.3) is 0 Å². The number of aromatic nitrogens is 1. The summed E-state index contributed by atoms with van der Waals surface area (Å²) >= 11 is 7.33. The van der Waals surface area contributed by atoms with E-state index >= 15 is 0 Å². The molecule has 16 heavy (non-hydrogen) atoms. The lowest BCUT2D eigenvalue weighted by molar-refractivity contribution is 0.903. The van der Waals surface area contributed by atoms with Gasteiger partial charge in [-0.1, -0.05) is 6.92 Å². The molecule has 0 N–H and O–H groups in total. The molecule has 0 bridgehead atoms. The van der Waals surface area contributed by atoms with Crippen LogP contribution >= 0.6 is 23.4 Å². The minimum atomic E-state index is 0.387. The van der Waals surface area contributed by atoms with Crippen LogP contribution < -0.4 is 0 Å². The summed E-state index contributed by atoms with van der Waals surface area (Å²) in [6, 6.07) is 4.16. The van der Waals surface area contributed by atoms with Gasteiger partial charge in [0.2, 0.25) is 0 Å². The minimum Gasteiger partial charge on any atom is -0.245 e. The maximum Gasteiger partial charge on any atom is 0.115 e. The third-order valence-electron chi connectivity index (χ3n) is 2.25. The van der Waals surface area contributed by atoms with Crippen molar-refractivity contribution in [2.75, 3.05) is 5.88 Å². The maximum atomic E-state index is 9.10. The van der Waals surface area contributed by atoms with Gasteiger partial charge in [0.05, 0.1) is 5.56 Å². The number of alkyl halides is 1. The van der Waals surface area contributed by atoms with Crippen LogP contribution in [0.15, 0.2) is 11.1 Å². The Morgan fingerprint density at radius 2 is 2.25 bits per heavy atom. The first-order chi connectivity index (χ1) is 7.58. The van der Waals surface area contributed by atoms with Crippen molar-refractivity contribution in [3.8, 4) is 6.07 Å². The van der Waals surface area contributed by atoms with Crippen LogP contribution in [0.2, 0.25) is 0 Å². The Bertz CT molecular complexity index is 412. The molecule has 4 heteroatoms. The lowest BCUT2D eigenvalue weighted by atomic mass is 10.1. The number of aryl methyl sites for hydroxylation is 2. The van der Waals surface area contributed by atoms with E-state index in [9.17, 15) is 0 Å². The fourth-order valence-corrected chi connectivity index (χ4v) is 3.02. The van der Waals surface area contributed by atoms with Crippen molar-refractivity contribution in [2.24, 2.45) is 0 Å². The molecule has 0 amide bonds. The molecular formula is C12H15ClN2S. The summed E-state index contributed by atoms with van der Waals surface area (Å²) in [4.78, 5) is 4.42. The van der Waals surface area contributed by atoms with Gasteiger partial charge < -0.3 is 0 Å². The van der Waals surface area contributed by atoms with E-state index in [2.05, 4.69) is 18.0 Å². The van der Waals surface area contributed by atoms with E-state index in [4.69, 9.17) is 16.9 Å². The number of pyridine rings is 1. The van der Waals surface area contributed by atoms with E-state index in [0.29, 0.717) is 16.7 Å². The summed E-state index contributed by atoms with van der Waals surface area (Å²) in [5, 5.41) is 10.3. The summed E-state index contributed by atoms with van der Waals surface area (Å²) in [5.41, 5.74) is 2.64. The molecule has 0 aromatic carbocycles. The SMILES string of the molecule is Cc1cc(C)c(C#N)c(SC(C)CCCl)n1. The Kier molecular flexibility index (Phi) is 5.11. The van der Waals surface area contributed by atoms with Gasteiger partial charge in [0.15, 0.2) is 0 Å². The third-order valence-corrected chi connectivity index (χ3v) is 3.63. The molecule has 2 nitrogen and oxygen atoms in total. The van der Waals surface area contributed by atoms with Crippen molar-refractivity contribution in [1.82, 2.24) is 4.98 Å². The van der Waals surface area contributed by atoms with Crippen molar-refractivity contribution in [2.45, 2.75) is 37.5 Å². The van der Waals surface area contributed by atoms with Crippen LogP contribution in [-0.4, -0.2) is 16.1 Å². The van der Waals surface area contributed by atoms with Crippen molar-refractivity contribution in [3.05, 3.63) is 22.9 Å². The Morgan fingerprint density at radius 1 is 1.56 bits per heavy atom. The molecule has 1 aromatic rings. The van der Waals surface area contributed by atoms with Crippen LogP contribution in [-0.2, 0) is 0 Å². The van der Waals surface area contributed by atoms with Crippen molar-refractivity contribution < 1.29 is 0 Å². The molecule has 86 valence electrons. The highest BCUT2D eigenvalue weighted by Gasteiger charge is 2.12. The zero-order valence-electron chi connectivity index (χ0n) is 9.75. The average molecular weight is 255 g/mol. The molecule has 0 aliphatic heterocycles. The van der Waals surface area contributed by atoms with Crippen molar-refractivity contribution in [1.29, 1.82) is 5.26 Å². The fourth-order valence-electron chi connectivity index (χ4n) is 1.43. The monoisotopic (exact) mass is 254 g/mol. The fraction of sp³-hybridized carbons (Fsp3) is 0.500. The minimum absolute atomic E-state index is 0.387. The zero-order valence-corrected chi connectivity index (χ0v) is 11.3. The van der Waals surface area contributed by atoms with E-state index in [0.717, 1.165) is 22.7 Å². The van der Waals surface area contributed by atoms with Crippen LogP contribution in [0.3, 0.4) is 0 Å². The lowest BCUT2D eigenvalue weighted by Gasteiger charge is -2.11. The van der Waals surface area contributed by atoms with E-state index < -0.39 is 0 Å². The number of rotatable bonds is 4. The number of nitrogens with zero attached hydrogens (tertiary/aromatic N) is 2. The van der Waals surface area contributed by atoms with Gasteiger partial charge in [-0.3, -0.25) is 0 Å². The first-order valence-electron chi connectivity index (χ1n) is 5.19. The summed E-state index contributed by atoms with van der Waals surface area (Å²) < 4.78 is 0. The molecule has 0 fully saturated rings. The summed E-state index contributed by atoms with van der Waals surface area (Å²) in [6.07, 6.45) is 0.922. The number of nitriles is 1. The first kappa shape index (κ1) is 13.3. The van der Waals surface area contributed by atoms with Gasteiger partial charge >= 0.3 is 0 Å². The predicted octanol–water partition coefficient (Wildman–Crippen LogP) is 3.68. The van der Waals surface area contributed by atoms with Gasteiger partial charge in [0.1, 0.15) is 11.1 Å². The van der Waals surface area contributed by atoms with Crippen LogP contribution in [0, 0.1) is 25.2 Å². The summed E-state index contributed by atoms with van der Waals surface area (Å²) in [7, 11) is 0. The highest BCUT2D eigenvalue weighted by Crippen LogP contribution is 2.28. The molecule has 1 unspecified atom stereocenters. The van der Waals surface area contributed by atoms with Gasteiger partial charge in [-0.05, 0) is 31.9 Å². The van der Waals surface area contributed by atoms with Crippen LogP contribution in [0.4, 0.5) is 0 Å². The van der Waals surface area contributed by atoms with E-state index in [-0.39, 0.29) is 0 Å². The third kappa shape index (κ3) is 3.40. The van der Waals surface area contributed by atoms with Gasteiger partial charge in [0.25, 0.3) is 0 Å². The number of hydrogen-bond donors (Lipinski definition) is 0. The van der Waals surface area contributed by atoms with Crippen molar-refractivity contribution >= 4 is 23.4 Å². The Labute approximate surface area is 106 Å². The number of thioether (sulfide) groups is 1. The van der Waals surface area contributed by atoms with E-state index in [1.165, 1.54) is 0 Å². The Balaban J connectivity index is 2.99. The first-order valence-corrected chi connectivity index (χ1v) is 6.61. The van der Waals surface area contributed by atoms with Gasteiger partial charge in [-0.25, -0.2) is 4.98 Å². The van der Waals surface area contributed by atoms with E-state index in [1.54, 1.807) is 11.8 Å². The second-order valence-electron chi connectivity index (χ2n) is 3.78. The quantitative estimate of drug-likeness (QED) is 0.608. The number of halogens is 1. The summed E-state index contributed by atoms with van der Waals surface area (Å²) in [5.74, 6) is 0.640. The molecular weight excluding hydrogens is 240 g/mol. The summed E-state index contributed by atoms with van der Waals surface area (Å²) in [6.45, 7) is 6.00. The smallest absolute Gasteiger partial charge is 0.115 e. The maximum absolute atomic E-state index is 9.10. The van der Waals surface area contributed by atoms with Gasteiger partial charge in [-0.15, -0.1) is 23.4 Å². The molecule has 1 rings (SSSR count). The normalized spacial score (nSPS) is 12.2. The highest BCUT2D eigenvalue weighted by atomic mass is 35.5. The lowest BCUT2D eigenvalue weighted by Crippen LogP contribution is -2.01. The molecule has 0 aliphatic rings. The van der Waals surface area contributed by atoms with E-state index in [1.807, 2.05) is 19.9 Å². The molecule has 0 radical (unpaired) electrons. The van der Waals surface area contributed by atoms with Gasteiger partial charge in [0, 0.05) is 16.8 Å². The topological polar surface area (TPSA) is 36.7 Å². The standard InChI is InChI=1S/C12H15ClN2S/c1-8-6-9(2)15-12(11(8)7-14)16-10(3)4-5-13/h6,10H,4-5H2,1-3H3. The van der Waals surface area contributed by atoms with Crippen LogP contribution in [0.1, 0.15) is 30.2 Å². The highest BCUT2D eigenvalue weighted by molar-refractivity contribution is 7.99. The molecule has 0 saturated carbocycles. The molecule has 1 atom stereocenters. The van der Waals surface area contributed by atoms with Crippen molar-refractivity contribution in [3.63, 3.8) is 0 Å². The Hall–Kier alpha value is -0.720. The zero-order chi connectivity index (χ0) is 12.1. The predicted molar refractivity (Wildman–Crippen MR) is 69.1 cm³/mol. The molecule has 0 aliphatic carbocycles. The molecule has 1 heterocycles. The second-order valence-corrected chi connectivity index (χ2v) is 5.58. The largest absolute Gasteiger partial charge is 0.245 e. The molecule has 0 saturated heterocycles. The molecule has 0 spiro atoms. The Morgan fingerprint density at radius 3 is 2.81 bits per heavy atom. The van der Waals surface area contributed by atoms with Gasteiger partial charge in [-0.2, -0.15) is 5.26 Å². The van der Waals surface area contributed by atoms with Crippen LogP contribution in [0.5, 0.6) is 0 Å². The average Bonchev–Trinajstić information content (AvgIpc) is 2.17. The number of hydrogen-bond acceptors (Lipinski definition) is 3.